The number of nitroso groups, excluding NO2 is 1. The van der Waals surface area contributed by atoms with Gasteiger partial charge in [0.15, 0.2) is 11.5 Å². The number of benzene rings is 1. The molecule has 1 amide bonds. The fourth-order valence-electron chi connectivity index (χ4n) is 4.60. The van der Waals surface area contributed by atoms with E-state index in [1.54, 1.807) is 23.1 Å². The number of carbonyl (C=O) groups excluding carboxylic acids is 2. The molecule has 2 aliphatic rings. The summed E-state index contributed by atoms with van der Waals surface area (Å²) in [6.45, 7) is 4.49. The number of rotatable bonds is 11. The molecule has 2 atom stereocenters. The zero-order valence-electron chi connectivity index (χ0n) is 23.9. The van der Waals surface area contributed by atoms with Crippen molar-refractivity contribution in [1.29, 1.82) is 0 Å². The van der Waals surface area contributed by atoms with Gasteiger partial charge in [-0.25, -0.2) is 9.97 Å². The Labute approximate surface area is 263 Å². The van der Waals surface area contributed by atoms with Gasteiger partial charge in [0.25, 0.3) is 5.92 Å². The van der Waals surface area contributed by atoms with Crippen LogP contribution in [0.2, 0.25) is 0 Å². The van der Waals surface area contributed by atoms with E-state index >= 15 is 0 Å². The summed E-state index contributed by atoms with van der Waals surface area (Å²) < 4.78 is 44.5. The number of nitrogens with zero attached hydrogens (tertiary/aromatic N) is 4. The van der Waals surface area contributed by atoms with Crippen LogP contribution in [0.1, 0.15) is 51.6 Å². The summed E-state index contributed by atoms with van der Waals surface area (Å²) in [5, 5.41) is 0. The van der Waals surface area contributed by atoms with Crippen LogP contribution < -0.4 is 9.47 Å². The molecule has 1 N–H and O–H groups in total. The van der Waals surface area contributed by atoms with Crippen LogP contribution in [0, 0.1) is 16.7 Å². The second-order valence-corrected chi connectivity index (χ2v) is 9.69. The zero-order valence-corrected chi connectivity index (χ0v) is 26.7. The largest absolute Gasteiger partial charge is 0.670 e. The molecule has 2 aromatic rings. The van der Waals surface area contributed by atoms with Crippen molar-refractivity contribution in [3.63, 3.8) is 0 Å². The van der Waals surface area contributed by atoms with Crippen LogP contribution in [0.15, 0.2) is 18.2 Å². The zero-order chi connectivity index (χ0) is 29.9. The number of methoxy groups -OCH3 is 2. The van der Waals surface area contributed by atoms with Crippen molar-refractivity contribution in [3.8, 4) is 11.6 Å². The summed E-state index contributed by atoms with van der Waals surface area (Å²) >= 11 is 0. The Balaban J connectivity index is 0.000000425. The Hall–Kier alpha value is -2.22. The molecule has 0 bridgehead atoms. The predicted octanol–water partition coefficient (Wildman–Crippen LogP) is 5.13. The topological polar surface area (TPSA) is 154 Å². The molecule has 11 nitrogen and oxygen atoms in total. The number of likely N-dealkylation sites (tertiary alicyclic amines) is 1. The van der Waals surface area contributed by atoms with E-state index in [1.807, 2.05) is 6.92 Å². The summed E-state index contributed by atoms with van der Waals surface area (Å²) in [7, 11) is 2.83. The third-order valence-electron chi connectivity index (χ3n) is 6.93. The van der Waals surface area contributed by atoms with Crippen molar-refractivity contribution in [2.24, 2.45) is 11.8 Å². The Kier molecular flexibility index (Phi) is 15.9. The van der Waals surface area contributed by atoms with Crippen LogP contribution in [-0.4, -0.2) is 73.1 Å². The number of Topliss-reactive ketones (excluding diaryl/α,β-unsaturated/α-hetero) is 1. The van der Waals surface area contributed by atoms with Gasteiger partial charge in [0.1, 0.15) is 5.75 Å². The second kappa shape index (κ2) is 17.7. The van der Waals surface area contributed by atoms with Crippen LogP contribution in [-0.2, 0) is 53.0 Å². The van der Waals surface area contributed by atoms with Crippen LogP contribution >= 0.6 is 0 Å². The van der Waals surface area contributed by atoms with E-state index in [2.05, 4.69) is 9.97 Å². The molecule has 14 heteroatoms. The normalized spacial score (nSPS) is 17.9. The Morgan fingerprint density at radius 3 is 2.34 bits per heavy atom. The summed E-state index contributed by atoms with van der Waals surface area (Å²) in [5.74, 6) is -2.10. The summed E-state index contributed by atoms with van der Waals surface area (Å²) in [5.41, 5.74) is 13.1. The van der Waals surface area contributed by atoms with Gasteiger partial charge in [0, 0.05) is 58.3 Å². The van der Waals surface area contributed by atoms with E-state index in [-0.39, 0.29) is 69.5 Å². The molecule has 1 radical (unpaired) electrons. The molecule has 1 saturated carbocycles. The van der Waals surface area contributed by atoms with Gasteiger partial charge < -0.3 is 35.3 Å². The minimum atomic E-state index is -3.17. The third-order valence-corrected chi connectivity index (χ3v) is 6.93. The SMILES string of the molecule is CC[C@@H]1CCN(C(=O)C[NH-])[C@@H]1C(C)=O.COc1ccc2nc(C(F)(F)CCOCC3CC3)c(OC)nc2c1.[N-]=O.[Y]. The Morgan fingerprint density at radius 2 is 1.80 bits per heavy atom. The molecule has 1 aromatic heterocycles. The van der Waals surface area contributed by atoms with Crippen LogP contribution in [0.25, 0.3) is 22.4 Å². The summed E-state index contributed by atoms with van der Waals surface area (Å²) in [4.78, 5) is 39.8. The fraction of sp³-hybridized carbons (Fsp3) is 0.630. The third kappa shape index (κ3) is 10.2. The molecular formula is C27H37F2N5O6Y-2. The molecule has 1 aliphatic heterocycles. The standard InChI is InChI=1S/C17H20F2N2O3.C10H17N2O2.NO.Y/c1-22-12-5-6-13-14(9-12)21-16(23-2)15(20-13)17(18,19)7-8-24-10-11-3-4-11;1-3-8-4-5-12(9(14)6-11)10(8)7(2)13;1-2;/h5-6,9,11H,3-4,7-8,10H2,1-2H3;8,10-11H,3-6H2,1-2H3;;/q;2*-1;/t;8-,10-;;/m.1../s1. The number of amides is 1. The minimum Gasteiger partial charge on any atom is -0.670 e. The Bertz CT molecular complexity index is 1140. The maximum Gasteiger partial charge on any atom is 0.297 e. The molecule has 2 heterocycles. The van der Waals surface area contributed by atoms with Gasteiger partial charge in [-0.2, -0.15) is 8.78 Å². The van der Waals surface area contributed by atoms with E-state index in [9.17, 15) is 18.4 Å². The van der Waals surface area contributed by atoms with E-state index in [0.717, 1.165) is 25.7 Å². The number of halogens is 2. The van der Waals surface area contributed by atoms with Gasteiger partial charge in [0.05, 0.1) is 37.9 Å². The molecule has 2 fully saturated rings. The van der Waals surface area contributed by atoms with Crippen molar-refractivity contribution in [2.75, 3.05) is 40.5 Å². The average molecular weight is 655 g/mol. The van der Waals surface area contributed by atoms with Crippen LogP contribution in [0.5, 0.6) is 11.6 Å². The van der Waals surface area contributed by atoms with Crippen molar-refractivity contribution in [3.05, 3.63) is 40.1 Å². The van der Waals surface area contributed by atoms with E-state index in [4.69, 9.17) is 30.4 Å². The molecule has 4 rings (SSSR count). The first-order valence-corrected chi connectivity index (χ1v) is 13.1. The predicted molar refractivity (Wildman–Crippen MR) is 145 cm³/mol. The number of hydrogen-bond donors (Lipinski definition) is 0. The van der Waals surface area contributed by atoms with Crippen molar-refractivity contribution in [2.45, 2.75) is 57.9 Å². The average Bonchev–Trinajstić information content (AvgIpc) is 3.70. The number of nitrogens with one attached hydrogen (secondary N) is 1. The first-order chi connectivity index (χ1) is 19.1. The van der Waals surface area contributed by atoms with E-state index in [0.29, 0.717) is 41.8 Å². The monoisotopic (exact) mass is 654 g/mol. The molecule has 1 saturated heterocycles. The van der Waals surface area contributed by atoms with E-state index < -0.39 is 18.0 Å². The van der Waals surface area contributed by atoms with Gasteiger partial charge in [-0.15, -0.1) is 0 Å². The smallest absolute Gasteiger partial charge is 0.297 e. The van der Waals surface area contributed by atoms with Gasteiger partial charge >= 0.3 is 0 Å². The number of carbonyl (C=O) groups is 2. The molecule has 41 heavy (non-hydrogen) atoms. The number of ketones is 1. The van der Waals surface area contributed by atoms with Crippen LogP contribution in [0.3, 0.4) is 0 Å². The first-order valence-electron chi connectivity index (χ1n) is 13.1. The molecule has 0 spiro atoms. The quantitative estimate of drug-likeness (QED) is 0.302. The minimum absolute atomic E-state index is 0. The molecule has 225 valence electrons. The Morgan fingerprint density at radius 1 is 1.12 bits per heavy atom. The first kappa shape index (κ1) is 36.8. The number of alkyl halides is 2. The molecule has 1 aromatic carbocycles. The summed E-state index contributed by atoms with van der Waals surface area (Å²) in [6.07, 6.45) is 3.62. The number of fused-ring (bicyclic) bond motifs is 1. The number of hydrogen-bond acceptors (Lipinski definition) is 8. The van der Waals surface area contributed by atoms with Gasteiger partial charge in [-0.05, 0) is 50.2 Å². The van der Waals surface area contributed by atoms with Crippen LogP contribution in [0.4, 0.5) is 8.78 Å². The van der Waals surface area contributed by atoms with Gasteiger partial charge in [-0.1, -0.05) is 19.9 Å². The van der Waals surface area contributed by atoms with E-state index in [1.165, 1.54) is 21.1 Å². The van der Waals surface area contributed by atoms with Crippen molar-refractivity contribution >= 4 is 22.7 Å². The molecular weight excluding hydrogens is 617 g/mol. The maximum atomic E-state index is 14.5. The second-order valence-electron chi connectivity index (χ2n) is 9.69. The summed E-state index contributed by atoms with van der Waals surface area (Å²) in [6, 6.07) is 4.62. The number of ether oxygens (including phenoxy) is 3. The fourth-order valence-corrected chi connectivity index (χ4v) is 4.60. The molecule has 0 unspecified atom stereocenters. The maximum absolute atomic E-state index is 14.5. The molecule has 1 aliphatic carbocycles. The van der Waals surface area contributed by atoms with Crippen molar-refractivity contribution < 1.29 is 65.3 Å². The van der Waals surface area contributed by atoms with Gasteiger partial charge in [-0.3, -0.25) is 9.59 Å². The van der Waals surface area contributed by atoms with Gasteiger partial charge in [0.2, 0.25) is 11.8 Å². The van der Waals surface area contributed by atoms with Crippen molar-refractivity contribution in [1.82, 2.24) is 14.9 Å². The number of aromatic nitrogens is 2.